The van der Waals surface area contributed by atoms with Gasteiger partial charge < -0.3 is 30.9 Å². The summed E-state index contributed by atoms with van der Waals surface area (Å²) in [6.45, 7) is 0. The van der Waals surface area contributed by atoms with Crippen LogP contribution >= 0.6 is 0 Å². The second-order valence-corrected chi connectivity index (χ2v) is 6.00. The highest BCUT2D eigenvalue weighted by molar-refractivity contribution is 5.81. The maximum absolute atomic E-state index is 11.2. The molecule has 6 N–H and O–H groups in total. The molecule has 0 aliphatic carbocycles. The van der Waals surface area contributed by atoms with Gasteiger partial charge in [0.15, 0.2) is 17.7 Å². The van der Waals surface area contributed by atoms with Gasteiger partial charge in [-0.15, -0.1) is 0 Å². The molecule has 0 saturated carbocycles. The Morgan fingerprint density at radius 3 is 2.62 bits per heavy atom. The van der Waals surface area contributed by atoms with Crippen LogP contribution < -0.4 is 5.73 Å². The molecule has 1 saturated heterocycles. The summed E-state index contributed by atoms with van der Waals surface area (Å²) in [5.74, 6) is -3.74. The van der Waals surface area contributed by atoms with Crippen molar-refractivity contribution in [2.75, 3.05) is 5.73 Å². The largest absolute Gasteiger partial charge is 0.481 e. The van der Waals surface area contributed by atoms with Crippen LogP contribution in [0.15, 0.2) is 12.7 Å². The van der Waals surface area contributed by atoms with Gasteiger partial charge in [-0.3, -0.25) is 14.2 Å². The van der Waals surface area contributed by atoms with E-state index in [1.807, 2.05) is 0 Å². The van der Waals surface area contributed by atoms with Gasteiger partial charge in [0.25, 0.3) is 0 Å². The number of rotatable bonds is 6. The molecule has 12 nitrogen and oxygen atoms in total. The zero-order valence-corrected chi connectivity index (χ0v) is 13.3. The third-order valence-corrected chi connectivity index (χ3v) is 4.29. The van der Waals surface area contributed by atoms with Crippen LogP contribution in [0.4, 0.5) is 5.82 Å². The van der Waals surface area contributed by atoms with E-state index in [9.17, 15) is 19.8 Å². The number of fused-ring (bicyclic) bond motifs is 1. The highest BCUT2D eigenvalue weighted by Crippen LogP contribution is 2.35. The SMILES string of the molecule is Nc1ncnc2c1ncn2[C@@H]1O[C@H](CC(CC(=O)O)C(=O)O)[C@@H](O)[C@H]1O. The predicted octanol–water partition coefficient (Wildman–Crippen LogP) is -1.41. The van der Waals surface area contributed by atoms with Gasteiger partial charge in [-0.2, -0.15) is 0 Å². The van der Waals surface area contributed by atoms with Crippen molar-refractivity contribution in [1.82, 2.24) is 19.5 Å². The first kappa shape index (κ1) is 18.0. The lowest BCUT2D eigenvalue weighted by Crippen LogP contribution is -2.34. The summed E-state index contributed by atoms with van der Waals surface area (Å²) in [5, 5.41) is 38.5. The fraction of sp³-hybridized carbons (Fsp3) is 0.500. The van der Waals surface area contributed by atoms with E-state index in [0.29, 0.717) is 0 Å². The van der Waals surface area contributed by atoms with Gasteiger partial charge in [-0.1, -0.05) is 0 Å². The van der Waals surface area contributed by atoms with Crippen LogP contribution in [0.3, 0.4) is 0 Å². The number of nitrogens with zero attached hydrogens (tertiary/aromatic N) is 4. The van der Waals surface area contributed by atoms with E-state index >= 15 is 0 Å². The fourth-order valence-corrected chi connectivity index (χ4v) is 2.97. The molecule has 2 aromatic heterocycles. The summed E-state index contributed by atoms with van der Waals surface area (Å²) in [6.07, 6.45) is -3.36. The molecule has 0 spiro atoms. The zero-order valence-electron chi connectivity index (χ0n) is 13.3. The lowest BCUT2D eigenvalue weighted by molar-refractivity contribution is -0.150. The number of carboxylic acids is 2. The highest BCUT2D eigenvalue weighted by atomic mass is 16.6. The molecule has 3 rings (SSSR count). The first-order valence-corrected chi connectivity index (χ1v) is 7.68. The monoisotopic (exact) mass is 367 g/mol. The molecule has 5 atom stereocenters. The molecule has 1 aliphatic rings. The molecular weight excluding hydrogens is 350 g/mol. The molecule has 0 radical (unpaired) electrons. The maximum Gasteiger partial charge on any atom is 0.307 e. The Hall–Kier alpha value is -2.83. The van der Waals surface area contributed by atoms with Crippen molar-refractivity contribution in [2.45, 2.75) is 37.4 Å². The Labute approximate surface area is 145 Å². The van der Waals surface area contributed by atoms with Crippen molar-refractivity contribution in [3.8, 4) is 0 Å². The summed E-state index contributed by atoms with van der Waals surface area (Å²) in [7, 11) is 0. The number of carboxylic acid groups (broad SMARTS) is 2. The van der Waals surface area contributed by atoms with Crippen LogP contribution in [0.25, 0.3) is 11.2 Å². The zero-order chi connectivity index (χ0) is 19.0. The van der Waals surface area contributed by atoms with Gasteiger partial charge in [-0.05, 0) is 6.42 Å². The summed E-state index contributed by atoms with van der Waals surface area (Å²) in [4.78, 5) is 33.9. The topological polar surface area (TPSA) is 194 Å². The minimum atomic E-state index is -1.41. The fourth-order valence-electron chi connectivity index (χ4n) is 2.97. The van der Waals surface area contributed by atoms with E-state index in [1.165, 1.54) is 17.2 Å². The number of imidazole rings is 1. The minimum absolute atomic E-state index is 0.130. The van der Waals surface area contributed by atoms with Gasteiger partial charge >= 0.3 is 11.9 Å². The number of hydrogen-bond acceptors (Lipinski definition) is 9. The maximum atomic E-state index is 11.2. The average molecular weight is 367 g/mol. The number of aliphatic hydroxyl groups excluding tert-OH is 2. The third-order valence-electron chi connectivity index (χ3n) is 4.29. The molecule has 12 heteroatoms. The number of aliphatic hydroxyl groups is 2. The Bertz CT molecular complexity index is 840. The second kappa shape index (κ2) is 6.82. The number of carbonyl (C=O) groups is 2. The van der Waals surface area contributed by atoms with Crippen molar-refractivity contribution >= 4 is 28.9 Å². The molecule has 0 amide bonds. The number of ether oxygens (including phenoxy) is 1. The quantitative estimate of drug-likeness (QED) is 0.402. The molecule has 3 heterocycles. The summed E-state index contributed by atoms with van der Waals surface area (Å²) in [5.41, 5.74) is 6.26. The third kappa shape index (κ3) is 3.16. The van der Waals surface area contributed by atoms with Gasteiger partial charge in [-0.25, -0.2) is 15.0 Å². The van der Waals surface area contributed by atoms with Crippen LogP contribution in [-0.2, 0) is 14.3 Å². The average Bonchev–Trinajstić information content (AvgIpc) is 3.11. The number of nitrogen functional groups attached to an aromatic ring is 1. The van der Waals surface area contributed by atoms with Crippen LogP contribution in [0.5, 0.6) is 0 Å². The standard InChI is InChI=1S/C14H17N5O7/c15-11-8-12(17-3-16-11)19(4-18-8)13-10(23)9(22)6(26-13)1-5(14(24)25)2-7(20)21/h3-6,9-10,13,22-23H,1-2H2,(H,20,21)(H,24,25)(H2,15,16,17)/t5?,6-,9-,10-,13-/m1/s1. The van der Waals surface area contributed by atoms with E-state index in [0.717, 1.165) is 0 Å². The molecule has 0 bridgehead atoms. The molecule has 0 aromatic carbocycles. The molecule has 26 heavy (non-hydrogen) atoms. The van der Waals surface area contributed by atoms with Crippen molar-refractivity contribution in [1.29, 1.82) is 0 Å². The Morgan fingerprint density at radius 2 is 1.96 bits per heavy atom. The van der Waals surface area contributed by atoms with Crippen LogP contribution in [0, 0.1) is 5.92 Å². The highest BCUT2D eigenvalue weighted by Gasteiger charge is 2.45. The lowest BCUT2D eigenvalue weighted by Gasteiger charge is -2.18. The van der Waals surface area contributed by atoms with Crippen LogP contribution in [0.2, 0.25) is 0 Å². The number of aliphatic carboxylic acids is 2. The molecule has 140 valence electrons. The van der Waals surface area contributed by atoms with Crippen LogP contribution in [0.1, 0.15) is 19.1 Å². The van der Waals surface area contributed by atoms with Gasteiger partial charge in [0.05, 0.1) is 24.8 Å². The summed E-state index contributed by atoms with van der Waals surface area (Å²) < 4.78 is 6.96. The van der Waals surface area contributed by atoms with E-state index < -0.39 is 48.8 Å². The van der Waals surface area contributed by atoms with E-state index in [1.54, 1.807) is 0 Å². The van der Waals surface area contributed by atoms with Crippen LogP contribution in [-0.4, -0.2) is 70.2 Å². The van der Waals surface area contributed by atoms with Gasteiger partial charge in [0.1, 0.15) is 24.1 Å². The van der Waals surface area contributed by atoms with E-state index in [2.05, 4.69) is 15.0 Å². The van der Waals surface area contributed by atoms with Crippen molar-refractivity contribution in [3.63, 3.8) is 0 Å². The van der Waals surface area contributed by atoms with Crippen molar-refractivity contribution < 1.29 is 34.8 Å². The number of aromatic nitrogens is 4. The summed E-state index contributed by atoms with van der Waals surface area (Å²) in [6, 6.07) is 0. The van der Waals surface area contributed by atoms with E-state index in [-0.39, 0.29) is 23.4 Å². The number of anilines is 1. The Kier molecular flexibility index (Phi) is 4.71. The second-order valence-electron chi connectivity index (χ2n) is 6.00. The van der Waals surface area contributed by atoms with Gasteiger partial charge in [0.2, 0.25) is 0 Å². The van der Waals surface area contributed by atoms with E-state index in [4.69, 9.17) is 20.7 Å². The van der Waals surface area contributed by atoms with Crippen molar-refractivity contribution in [3.05, 3.63) is 12.7 Å². The molecule has 1 aliphatic heterocycles. The Balaban J connectivity index is 1.84. The Morgan fingerprint density at radius 1 is 1.23 bits per heavy atom. The number of nitrogens with two attached hydrogens (primary N) is 1. The minimum Gasteiger partial charge on any atom is -0.481 e. The molecule has 2 aromatic rings. The smallest absolute Gasteiger partial charge is 0.307 e. The van der Waals surface area contributed by atoms with Crippen molar-refractivity contribution in [2.24, 2.45) is 5.92 Å². The predicted molar refractivity (Wildman–Crippen MR) is 83.7 cm³/mol. The molecule has 1 fully saturated rings. The van der Waals surface area contributed by atoms with Gasteiger partial charge in [0, 0.05) is 0 Å². The normalized spacial score (nSPS) is 26.8. The molecular formula is C14H17N5O7. The summed E-state index contributed by atoms with van der Waals surface area (Å²) >= 11 is 0. The lowest BCUT2D eigenvalue weighted by atomic mass is 9.95. The first-order chi connectivity index (χ1) is 12.3. The molecule has 1 unspecified atom stereocenters. The number of hydrogen-bond donors (Lipinski definition) is 5. The first-order valence-electron chi connectivity index (χ1n) is 7.68.